The zero-order chi connectivity index (χ0) is 26.2. The Morgan fingerprint density at radius 1 is 0.895 bits per heavy atom. The molecule has 3 aromatic carbocycles. The van der Waals surface area contributed by atoms with Gasteiger partial charge in [-0.2, -0.15) is 0 Å². The number of nitrogens with one attached hydrogen (secondary N) is 1. The summed E-state index contributed by atoms with van der Waals surface area (Å²) in [7, 11) is 0. The highest BCUT2D eigenvalue weighted by atomic mass is 35.5. The molecule has 1 aliphatic heterocycles. The summed E-state index contributed by atoms with van der Waals surface area (Å²) >= 11 is 7.81. The van der Waals surface area contributed by atoms with E-state index in [-0.39, 0.29) is 11.8 Å². The smallest absolute Gasteiger partial charge is 0.251 e. The van der Waals surface area contributed by atoms with Crippen molar-refractivity contribution in [1.82, 2.24) is 15.3 Å². The van der Waals surface area contributed by atoms with Crippen LogP contribution in [0.1, 0.15) is 52.2 Å². The van der Waals surface area contributed by atoms with Gasteiger partial charge >= 0.3 is 0 Å². The number of halogens is 1. The average molecular weight is 543 g/mol. The Balaban J connectivity index is 1.15. The van der Waals surface area contributed by atoms with Crippen LogP contribution in [-0.4, -0.2) is 35.5 Å². The number of aromatic nitrogens is 2. The Morgan fingerprint density at radius 2 is 1.53 bits per heavy atom. The zero-order valence-electron chi connectivity index (χ0n) is 21.2. The number of amides is 1. The standard InChI is InChI=1S/C31H31ClN4OS/c32-28-21-29(36-19-7-8-20-36)35-31(34-28)38-22-23-13-15-26(16-14-23)30(37)33-18-17-27(24-9-3-1-4-10-24)25-11-5-2-6-12-25/h1-6,9-16,21,27H,7-8,17-20,22H2,(H,33,37). The maximum Gasteiger partial charge on any atom is 0.251 e. The van der Waals surface area contributed by atoms with E-state index in [1.165, 1.54) is 24.0 Å². The average Bonchev–Trinajstić information content (AvgIpc) is 3.51. The normalized spacial score (nSPS) is 13.2. The van der Waals surface area contributed by atoms with E-state index in [0.717, 1.165) is 30.9 Å². The van der Waals surface area contributed by atoms with Crippen molar-refractivity contribution in [3.8, 4) is 0 Å². The highest BCUT2D eigenvalue weighted by Crippen LogP contribution is 2.28. The lowest BCUT2D eigenvalue weighted by molar-refractivity contribution is 0.0953. The molecule has 0 saturated carbocycles. The summed E-state index contributed by atoms with van der Waals surface area (Å²) in [6.07, 6.45) is 3.20. The molecule has 5 nitrogen and oxygen atoms in total. The molecule has 4 aromatic rings. The number of hydrogen-bond donors (Lipinski definition) is 1. The third-order valence-electron chi connectivity index (χ3n) is 6.80. The summed E-state index contributed by atoms with van der Waals surface area (Å²) in [5, 5.41) is 4.25. The predicted octanol–water partition coefficient (Wildman–Crippen LogP) is 6.97. The minimum absolute atomic E-state index is 0.0579. The molecule has 0 spiro atoms. The van der Waals surface area contributed by atoms with Crippen LogP contribution in [0.4, 0.5) is 5.82 Å². The van der Waals surface area contributed by atoms with Crippen molar-refractivity contribution in [1.29, 1.82) is 0 Å². The number of carbonyl (C=O) groups is 1. The van der Waals surface area contributed by atoms with Gasteiger partial charge in [0.1, 0.15) is 11.0 Å². The van der Waals surface area contributed by atoms with E-state index in [9.17, 15) is 4.79 Å². The molecule has 1 fully saturated rings. The zero-order valence-corrected chi connectivity index (χ0v) is 22.8. The number of benzene rings is 3. The molecule has 0 radical (unpaired) electrons. The predicted molar refractivity (Wildman–Crippen MR) is 156 cm³/mol. The summed E-state index contributed by atoms with van der Waals surface area (Å²) in [5.41, 5.74) is 4.27. The van der Waals surface area contributed by atoms with Crippen LogP contribution in [0.3, 0.4) is 0 Å². The molecule has 194 valence electrons. The maximum atomic E-state index is 12.8. The Bertz CT molecular complexity index is 1290. The molecule has 7 heteroatoms. The second kappa shape index (κ2) is 12.9. The van der Waals surface area contributed by atoms with Gasteiger partial charge in [-0.05, 0) is 48.1 Å². The van der Waals surface area contributed by atoms with Crippen LogP contribution in [0.15, 0.2) is 96.2 Å². The van der Waals surface area contributed by atoms with E-state index < -0.39 is 0 Å². The highest BCUT2D eigenvalue weighted by Gasteiger charge is 2.17. The minimum atomic E-state index is -0.0579. The van der Waals surface area contributed by atoms with Crippen LogP contribution < -0.4 is 10.2 Å². The lowest BCUT2D eigenvalue weighted by atomic mass is 9.88. The summed E-state index contributed by atoms with van der Waals surface area (Å²) in [5.74, 6) is 1.78. The number of hydrogen-bond acceptors (Lipinski definition) is 5. The van der Waals surface area contributed by atoms with E-state index >= 15 is 0 Å². The van der Waals surface area contributed by atoms with Gasteiger partial charge in [-0.15, -0.1) is 0 Å². The Kier molecular flexibility index (Phi) is 8.94. The second-order valence-corrected chi connectivity index (χ2v) is 10.8. The SMILES string of the molecule is O=C(NCCC(c1ccccc1)c1ccccc1)c1ccc(CSc2nc(Cl)cc(N3CCCC3)n2)cc1. The van der Waals surface area contributed by atoms with E-state index in [1.807, 2.05) is 42.5 Å². The number of carbonyl (C=O) groups excluding carboxylic acids is 1. The Morgan fingerprint density at radius 3 is 2.16 bits per heavy atom. The van der Waals surface area contributed by atoms with Gasteiger partial charge in [0.15, 0.2) is 5.16 Å². The van der Waals surface area contributed by atoms with E-state index in [0.29, 0.717) is 28.2 Å². The second-order valence-electron chi connectivity index (χ2n) is 9.43. The quantitative estimate of drug-likeness (QED) is 0.133. The van der Waals surface area contributed by atoms with Gasteiger partial charge in [0.25, 0.3) is 5.91 Å². The number of rotatable bonds is 10. The van der Waals surface area contributed by atoms with Gasteiger partial charge in [-0.1, -0.05) is 96.2 Å². The van der Waals surface area contributed by atoms with Crippen LogP contribution in [-0.2, 0) is 5.75 Å². The molecular weight excluding hydrogens is 512 g/mol. The van der Waals surface area contributed by atoms with Crippen molar-refractivity contribution in [3.05, 3.63) is 118 Å². The van der Waals surface area contributed by atoms with Gasteiger partial charge in [0.2, 0.25) is 0 Å². The number of nitrogens with zero attached hydrogens (tertiary/aromatic N) is 3. The molecule has 5 rings (SSSR count). The topological polar surface area (TPSA) is 58.1 Å². The van der Waals surface area contributed by atoms with Crippen LogP contribution in [0.2, 0.25) is 5.15 Å². The summed E-state index contributed by atoms with van der Waals surface area (Å²) in [4.78, 5) is 24.2. The fourth-order valence-corrected chi connectivity index (χ4v) is 5.82. The molecule has 38 heavy (non-hydrogen) atoms. The monoisotopic (exact) mass is 542 g/mol. The van der Waals surface area contributed by atoms with Gasteiger partial charge in [0.05, 0.1) is 0 Å². The van der Waals surface area contributed by atoms with Gasteiger partial charge in [-0.25, -0.2) is 9.97 Å². The molecule has 1 N–H and O–H groups in total. The molecule has 1 amide bonds. The van der Waals surface area contributed by atoms with E-state index in [1.54, 1.807) is 11.8 Å². The Labute approximate surface area is 233 Å². The van der Waals surface area contributed by atoms with Gasteiger partial charge < -0.3 is 10.2 Å². The summed E-state index contributed by atoms with van der Waals surface area (Å²) in [6, 6.07) is 30.5. The molecule has 1 aliphatic rings. The lowest BCUT2D eigenvalue weighted by Gasteiger charge is -2.18. The fraction of sp³-hybridized carbons (Fsp3) is 0.258. The van der Waals surface area contributed by atoms with Crippen molar-refractivity contribution < 1.29 is 4.79 Å². The molecule has 1 aromatic heterocycles. The van der Waals surface area contributed by atoms with Crippen LogP contribution in [0.5, 0.6) is 0 Å². The molecule has 0 unspecified atom stereocenters. The first kappa shape index (κ1) is 26.3. The lowest BCUT2D eigenvalue weighted by Crippen LogP contribution is -2.25. The van der Waals surface area contributed by atoms with Crippen LogP contribution in [0.25, 0.3) is 0 Å². The van der Waals surface area contributed by atoms with Crippen molar-refractivity contribution in [2.45, 2.75) is 36.1 Å². The molecule has 1 saturated heterocycles. The first-order chi connectivity index (χ1) is 18.7. The Hall–Kier alpha value is -3.35. The molecule has 0 bridgehead atoms. The number of anilines is 1. The minimum Gasteiger partial charge on any atom is -0.356 e. The third kappa shape index (κ3) is 6.94. The third-order valence-corrected chi connectivity index (χ3v) is 7.91. The molecule has 0 aliphatic carbocycles. The maximum absolute atomic E-state index is 12.8. The first-order valence-corrected chi connectivity index (χ1v) is 14.4. The number of thioether (sulfide) groups is 1. The van der Waals surface area contributed by atoms with Crippen molar-refractivity contribution >= 4 is 35.1 Å². The van der Waals surface area contributed by atoms with E-state index in [4.69, 9.17) is 16.6 Å². The first-order valence-electron chi connectivity index (χ1n) is 13.0. The molecule has 2 heterocycles. The molecule has 0 atom stereocenters. The summed E-state index contributed by atoms with van der Waals surface area (Å²) < 4.78 is 0. The van der Waals surface area contributed by atoms with Crippen molar-refractivity contribution in [2.75, 3.05) is 24.5 Å². The largest absolute Gasteiger partial charge is 0.356 e. The van der Waals surface area contributed by atoms with Crippen molar-refractivity contribution in [2.24, 2.45) is 0 Å². The highest BCUT2D eigenvalue weighted by molar-refractivity contribution is 7.98. The van der Waals surface area contributed by atoms with Gasteiger partial charge in [-0.3, -0.25) is 4.79 Å². The van der Waals surface area contributed by atoms with Crippen molar-refractivity contribution in [3.63, 3.8) is 0 Å². The fourth-order valence-electron chi connectivity index (χ4n) is 4.79. The van der Waals surface area contributed by atoms with Crippen LogP contribution in [0, 0.1) is 0 Å². The molecular formula is C31H31ClN4OS. The van der Waals surface area contributed by atoms with Gasteiger partial charge in [0, 0.05) is 42.9 Å². The van der Waals surface area contributed by atoms with Crippen LogP contribution >= 0.6 is 23.4 Å². The summed E-state index contributed by atoms with van der Waals surface area (Å²) in [6.45, 7) is 2.62. The van der Waals surface area contributed by atoms with E-state index in [2.05, 4.69) is 63.7 Å².